The first-order valence-corrected chi connectivity index (χ1v) is 4.27. The minimum absolute atomic E-state index is 0.301. The summed E-state index contributed by atoms with van der Waals surface area (Å²) in [6, 6.07) is 3.27. The van der Waals surface area contributed by atoms with Gasteiger partial charge in [-0.25, -0.2) is 9.98 Å². The summed E-state index contributed by atoms with van der Waals surface area (Å²) in [5.74, 6) is 0.279. The van der Waals surface area contributed by atoms with Gasteiger partial charge in [0.25, 0.3) is 0 Å². The Labute approximate surface area is 86.5 Å². The SMILES string of the molecule is CC(=O)N=Cc1ccc(C=NC(C)=O)o1. The van der Waals surface area contributed by atoms with E-state index in [2.05, 4.69) is 9.98 Å². The van der Waals surface area contributed by atoms with E-state index in [9.17, 15) is 9.59 Å². The molecule has 0 radical (unpaired) electrons. The molecule has 0 fully saturated rings. The first-order valence-electron chi connectivity index (χ1n) is 4.27. The van der Waals surface area contributed by atoms with Crippen molar-refractivity contribution < 1.29 is 14.0 Å². The van der Waals surface area contributed by atoms with E-state index in [1.165, 1.54) is 26.3 Å². The molecule has 0 spiro atoms. The topological polar surface area (TPSA) is 72.0 Å². The Kier molecular flexibility index (Phi) is 3.68. The van der Waals surface area contributed by atoms with Gasteiger partial charge in [0.05, 0.1) is 12.4 Å². The summed E-state index contributed by atoms with van der Waals surface area (Å²) in [6.07, 6.45) is 2.63. The van der Waals surface area contributed by atoms with Gasteiger partial charge >= 0.3 is 0 Å². The van der Waals surface area contributed by atoms with Gasteiger partial charge in [-0.1, -0.05) is 0 Å². The smallest absolute Gasteiger partial charge is 0.242 e. The molecule has 2 amide bonds. The number of carbonyl (C=O) groups is 2. The number of hydrogen-bond acceptors (Lipinski definition) is 3. The van der Waals surface area contributed by atoms with Crippen LogP contribution < -0.4 is 0 Å². The summed E-state index contributed by atoms with van der Waals surface area (Å²) in [5.41, 5.74) is 0. The van der Waals surface area contributed by atoms with Gasteiger partial charge in [-0.2, -0.15) is 0 Å². The van der Waals surface area contributed by atoms with Crippen LogP contribution in [0.25, 0.3) is 0 Å². The van der Waals surface area contributed by atoms with E-state index < -0.39 is 0 Å². The highest BCUT2D eigenvalue weighted by Gasteiger charge is 1.97. The standard InChI is InChI=1S/C10H10N2O3/c1-7(13)11-5-9-3-4-10(15-9)6-12-8(2)14/h3-6H,1-2H3. The molecule has 0 aliphatic heterocycles. The number of nitrogens with zero attached hydrogens (tertiary/aromatic N) is 2. The minimum atomic E-state index is -0.301. The third kappa shape index (κ3) is 4.12. The van der Waals surface area contributed by atoms with E-state index in [4.69, 9.17) is 4.42 Å². The maximum absolute atomic E-state index is 10.5. The van der Waals surface area contributed by atoms with E-state index in [0.29, 0.717) is 11.5 Å². The highest BCUT2D eigenvalue weighted by Crippen LogP contribution is 2.03. The second kappa shape index (κ2) is 4.99. The molecular formula is C10H10N2O3. The van der Waals surface area contributed by atoms with E-state index in [0.717, 1.165) is 0 Å². The van der Waals surface area contributed by atoms with Crippen molar-refractivity contribution >= 4 is 24.2 Å². The third-order valence-corrected chi connectivity index (χ3v) is 1.39. The van der Waals surface area contributed by atoms with Gasteiger partial charge in [0.1, 0.15) is 11.5 Å². The monoisotopic (exact) mass is 206 g/mol. The summed E-state index contributed by atoms with van der Waals surface area (Å²) < 4.78 is 5.18. The van der Waals surface area contributed by atoms with Crippen LogP contribution in [0, 0.1) is 0 Å². The van der Waals surface area contributed by atoms with Crippen molar-refractivity contribution in [3.63, 3.8) is 0 Å². The largest absolute Gasteiger partial charge is 0.454 e. The van der Waals surface area contributed by atoms with Crippen molar-refractivity contribution in [2.75, 3.05) is 0 Å². The first-order chi connectivity index (χ1) is 7.08. The number of carbonyl (C=O) groups excluding carboxylic acids is 2. The fourth-order valence-electron chi connectivity index (χ4n) is 0.816. The fourth-order valence-corrected chi connectivity index (χ4v) is 0.816. The van der Waals surface area contributed by atoms with Crippen LogP contribution in [0.5, 0.6) is 0 Å². The molecule has 1 aromatic heterocycles. The first kappa shape index (κ1) is 11.0. The van der Waals surface area contributed by atoms with E-state index >= 15 is 0 Å². The van der Waals surface area contributed by atoms with Crippen LogP contribution in [0.2, 0.25) is 0 Å². The maximum Gasteiger partial charge on any atom is 0.242 e. The molecule has 0 atom stereocenters. The third-order valence-electron chi connectivity index (χ3n) is 1.39. The molecule has 78 valence electrons. The van der Waals surface area contributed by atoms with Gasteiger partial charge in [0, 0.05) is 13.8 Å². The predicted octanol–water partition coefficient (Wildman–Crippen LogP) is 1.21. The quantitative estimate of drug-likeness (QED) is 0.682. The van der Waals surface area contributed by atoms with Crippen molar-refractivity contribution in [2.24, 2.45) is 9.98 Å². The molecule has 1 rings (SSSR count). The molecule has 0 bridgehead atoms. The summed E-state index contributed by atoms with van der Waals surface area (Å²) >= 11 is 0. The Morgan fingerprint density at radius 1 is 1.07 bits per heavy atom. The molecule has 5 heteroatoms. The second-order valence-corrected chi connectivity index (χ2v) is 2.79. The lowest BCUT2D eigenvalue weighted by molar-refractivity contribution is -0.116. The van der Waals surface area contributed by atoms with Crippen molar-refractivity contribution in [2.45, 2.75) is 13.8 Å². The van der Waals surface area contributed by atoms with Crippen LogP contribution in [-0.4, -0.2) is 24.2 Å². The lowest BCUT2D eigenvalue weighted by atomic mass is 10.4. The molecule has 15 heavy (non-hydrogen) atoms. The molecule has 5 nitrogen and oxygen atoms in total. The van der Waals surface area contributed by atoms with Crippen LogP contribution in [0.3, 0.4) is 0 Å². The lowest BCUT2D eigenvalue weighted by Crippen LogP contribution is -1.85. The highest BCUT2D eigenvalue weighted by molar-refractivity contribution is 5.91. The molecule has 1 aromatic rings. The summed E-state index contributed by atoms with van der Waals surface area (Å²) in [7, 11) is 0. The molecule has 0 saturated carbocycles. The fraction of sp³-hybridized carbons (Fsp3) is 0.200. The van der Waals surface area contributed by atoms with Gasteiger partial charge in [0.2, 0.25) is 11.8 Å². The molecule has 0 aliphatic rings. The number of aliphatic imine (C=N–C) groups is 2. The van der Waals surface area contributed by atoms with Gasteiger partial charge in [-0.15, -0.1) is 0 Å². The van der Waals surface area contributed by atoms with Gasteiger partial charge in [-0.05, 0) is 12.1 Å². The van der Waals surface area contributed by atoms with E-state index in [1.54, 1.807) is 12.1 Å². The zero-order valence-corrected chi connectivity index (χ0v) is 8.43. The molecule has 1 heterocycles. The molecule has 0 unspecified atom stereocenters. The van der Waals surface area contributed by atoms with Crippen LogP contribution in [-0.2, 0) is 9.59 Å². The number of furan rings is 1. The van der Waals surface area contributed by atoms with E-state index in [-0.39, 0.29) is 11.8 Å². The maximum atomic E-state index is 10.5. The van der Waals surface area contributed by atoms with Crippen molar-refractivity contribution in [1.82, 2.24) is 0 Å². The van der Waals surface area contributed by atoms with E-state index in [1.807, 2.05) is 0 Å². The van der Waals surface area contributed by atoms with Crippen molar-refractivity contribution in [3.05, 3.63) is 23.7 Å². The molecule has 0 saturated heterocycles. The van der Waals surface area contributed by atoms with Crippen LogP contribution in [0.1, 0.15) is 25.4 Å². The number of hydrogen-bond donors (Lipinski definition) is 0. The Morgan fingerprint density at radius 3 is 1.80 bits per heavy atom. The van der Waals surface area contributed by atoms with Crippen molar-refractivity contribution in [1.29, 1.82) is 0 Å². The van der Waals surface area contributed by atoms with Gasteiger partial charge in [-0.3, -0.25) is 9.59 Å². The Morgan fingerprint density at radius 2 is 1.47 bits per heavy atom. The second-order valence-electron chi connectivity index (χ2n) is 2.79. The summed E-state index contributed by atoms with van der Waals surface area (Å²) in [4.78, 5) is 28.1. The molecule has 0 N–H and O–H groups in total. The van der Waals surface area contributed by atoms with Gasteiger partial charge in [0.15, 0.2) is 0 Å². The highest BCUT2D eigenvalue weighted by atomic mass is 16.3. The average molecular weight is 206 g/mol. The van der Waals surface area contributed by atoms with Crippen LogP contribution in [0.4, 0.5) is 0 Å². The normalized spacial score (nSPS) is 11.3. The van der Waals surface area contributed by atoms with Crippen LogP contribution >= 0.6 is 0 Å². The minimum Gasteiger partial charge on any atom is -0.454 e. The summed E-state index contributed by atoms with van der Waals surface area (Å²) in [6.45, 7) is 2.69. The molecular weight excluding hydrogens is 196 g/mol. The Balaban J connectivity index is 2.72. The Bertz CT molecular complexity index is 391. The molecule has 0 aromatic carbocycles. The Hall–Kier alpha value is -2.04. The van der Waals surface area contributed by atoms with Crippen LogP contribution in [0.15, 0.2) is 26.5 Å². The van der Waals surface area contributed by atoms with Crippen molar-refractivity contribution in [3.8, 4) is 0 Å². The van der Waals surface area contributed by atoms with Gasteiger partial charge < -0.3 is 4.42 Å². The zero-order valence-electron chi connectivity index (χ0n) is 8.43. The molecule has 0 aliphatic carbocycles. The zero-order chi connectivity index (χ0) is 11.3. The number of amides is 2. The average Bonchev–Trinajstić information content (AvgIpc) is 2.59. The predicted molar refractivity (Wildman–Crippen MR) is 55.3 cm³/mol. The lowest BCUT2D eigenvalue weighted by Gasteiger charge is -1.84. The number of rotatable bonds is 2. The summed E-state index contributed by atoms with van der Waals surface area (Å²) in [5, 5.41) is 0.